The van der Waals surface area contributed by atoms with Crippen molar-refractivity contribution in [3.05, 3.63) is 70.8 Å². The average molecular weight is 514 g/mol. The molecule has 3 aromatic rings. The molecule has 0 saturated carbocycles. The third kappa shape index (κ3) is 6.41. The van der Waals surface area contributed by atoms with Crippen molar-refractivity contribution in [2.45, 2.75) is 45.1 Å². The maximum atomic E-state index is 14.0. The van der Waals surface area contributed by atoms with E-state index in [-0.39, 0.29) is 5.56 Å². The van der Waals surface area contributed by atoms with Crippen molar-refractivity contribution in [1.82, 2.24) is 0 Å². The van der Waals surface area contributed by atoms with E-state index in [2.05, 4.69) is 0 Å². The molecule has 0 aliphatic heterocycles. The predicted molar refractivity (Wildman–Crippen MR) is 121 cm³/mol. The van der Waals surface area contributed by atoms with Crippen LogP contribution in [0.5, 0.6) is 11.5 Å². The number of esters is 1. The maximum absolute atomic E-state index is 14.0. The molecule has 36 heavy (non-hydrogen) atoms. The van der Waals surface area contributed by atoms with E-state index in [0.717, 1.165) is 0 Å². The van der Waals surface area contributed by atoms with Gasteiger partial charge in [-0.2, -0.15) is 26.3 Å². The van der Waals surface area contributed by atoms with Gasteiger partial charge in [0, 0.05) is 5.39 Å². The Morgan fingerprint density at radius 2 is 1.39 bits per heavy atom. The van der Waals surface area contributed by atoms with E-state index in [4.69, 9.17) is 14.2 Å². The minimum absolute atomic E-state index is 0.254. The van der Waals surface area contributed by atoms with E-state index in [1.165, 1.54) is 19.2 Å². The second-order valence-electron chi connectivity index (χ2n) is 9.02. The van der Waals surface area contributed by atoms with Gasteiger partial charge in [0.05, 0.1) is 18.2 Å². The summed E-state index contributed by atoms with van der Waals surface area (Å²) in [5.41, 5.74) is -4.60. The summed E-state index contributed by atoms with van der Waals surface area (Å²) < 4.78 is 99.4. The molecule has 194 valence electrons. The van der Waals surface area contributed by atoms with Crippen LogP contribution < -0.4 is 9.47 Å². The minimum Gasteiger partial charge on any atom is -0.496 e. The summed E-state index contributed by atoms with van der Waals surface area (Å²) in [5.74, 6) is -1.24. The number of halogens is 6. The van der Waals surface area contributed by atoms with E-state index < -0.39 is 59.4 Å². The second kappa shape index (κ2) is 9.91. The molecule has 0 bridgehead atoms. The van der Waals surface area contributed by atoms with Gasteiger partial charge in [0.2, 0.25) is 0 Å². The normalized spacial score (nSPS) is 12.5. The number of carbonyl (C=O) groups is 1. The highest BCUT2D eigenvalue weighted by atomic mass is 19.4. The molecule has 0 saturated heterocycles. The molecule has 0 aromatic heterocycles. The Kier molecular flexibility index (Phi) is 7.48. The van der Waals surface area contributed by atoms with Crippen LogP contribution in [0.15, 0.2) is 48.5 Å². The largest absolute Gasteiger partial charge is 0.496 e. The van der Waals surface area contributed by atoms with Crippen molar-refractivity contribution < 1.29 is 45.3 Å². The topological polar surface area (TPSA) is 44.8 Å². The first-order chi connectivity index (χ1) is 16.6. The molecule has 0 heterocycles. The van der Waals surface area contributed by atoms with Crippen molar-refractivity contribution in [2.75, 3.05) is 13.7 Å². The molecule has 10 heteroatoms. The number of alkyl halides is 6. The van der Waals surface area contributed by atoms with Crippen molar-refractivity contribution in [1.29, 1.82) is 0 Å². The second-order valence-corrected chi connectivity index (χ2v) is 9.02. The Morgan fingerprint density at radius 3 is 1.89 bits per heavy atom. The highest BCUT2D eigenvalue weighted by Gasteiger charge is 2.41. The summed E-state index contributed by atoms with van der Waals surface area (Å²) in [7, 11) is 1.42. The van der Waals surface area contributed by atoms with E-state index in [0.29, 0.717) is 28.7 Å². The Hall–Kier alpha value is -3.43. The lowest BCUT2D eigenvalue weighted by Gasteiger charge is -2.22. The van der Waals surface area contributed by atoms with Crippen LogP contribution in [0.1, 0.15) is 43.0 Å². The minimum atomic E-state index is -5.12. The zero-order valence-corrected chi connectivity index (χ0v) is 19.9. The van der Waals surface area contributed by atoms with Gasteiger partial charge >= 0.3 is 18.3 Å². The number of methoxy groups -OCH3 is 1. The van der Waals surface area contributed by atoms with Crippen LogP contribution in [0.2, 0.25) is 0 Å². The summed E-state index contributed by atoms with van der Waals surface area (Å²) in [6, 6.07) is 10.5. The SMILES string of the molecule is COc1ccc(Cc2c(C(F)(F)F)cc(OCC(=O)OC(C)(C)C)cc2C(F)(F)F)c2ccccc12. The van der Waals surface area contributed by atoms with Gasteiger partial charge in [-0.1, -0.05) is 30.3 Å². The predicted octanol–water partition coefficient (Wildman–Crippen LogP) is 7.20. The van der Waals surface area contributed by atoms with Gasteiger partial charge in [-0.3, -0.25) is 0 Å². The van der Waals surface area contributed by atoms with Crippen molar-refractivity contribution in [3.8, 4) is 11.5 Å². The van der Waals surface area contributed by atoms with Crippen molar-refractivity contribution >= 4 is 16.7 Å². The molecule has 0 amide bonds. The third-order valence-corrected chi connectivity index (χ3v) is 5.17. The Labute approximate surface area is 203 Å². The fourth-order valence-electron chi connectivity index (χ4n) is 3.79. The highest BCUT2D eigenvalue weighted by Crippen LogP contribution is 2.43. The van der Waals surface area contributed by atoms with Crippen molar-refractivity contribution in [3.63, 3.8) is 0 Å². The molecule has 0 aliphatic carbocycles. The van der Waals surface area contributed by atoms with Gasteiger partial charge in [-0.05, 0) is 61.9 Å². The number of hydrogen-bond donors (Lipinski definition) is 0. The smallest absolute Gasteiger partial charge is 0.416 e. The summed E-state index contributed by atoms with van der Waals surface area (Å²) >= 11 is 0. The van der Waals surface area contributed by atoms with Crippen LogP contribution >= 0.6 is 0 Å². The number of fused-ring (bicyclic) bond motifs is 1. The molecule has 3 rings (SSSR count). The number of carbonyl (C=O) groups excluding carboxylic acids is 1. The lowest BCUT2D eigenvalue weighted by Crippen LogP contribution is -2.27. The van der Waals surface area contributed by atoms with Gasteiger partial charge < -0.3 is 14.2 Å². The lowest BCUT2D eigenvalue weighted by molar-refractivity contribution is -0.157. The summed E-state index contributed by atoms with van der Waals surface area (Å²) in [5, 5.41) is 1.01. The zero-order chi connectivity index (χ0) is 26.9. The molecule has 0 radical (unpaired) electrons. The molecule has 0 atom stereocenters. The fraction of sp³-hybridized carbons (Fsp3) is 0.346. The molecule has 3 aromatic carbocycles. The molecule has 0 N–H and O–H groups in total. The Balaban J connectivity index is 2.12. The highest BCUT2D eigenvalue weighted by molar-refractivity contribution is 5.91. The van der Waals surface area contributed by atoms with E-state index in [9.17, 15) is 31.1 Å². The van der Waals surface area contributed by atoms with Gasteiger partial charge in [0.25, 0.3) is 0 Å². The molecule has 0 aliphatic rings. The maximum Gasteiger partial charge on any atom is 0.416 e. The molecular formula is C26H24F6O4. The number of ether oxygens (including phenoxy) is 3. The van der Waals surface area contributed by atoms with E-state index in [1.54, 1.807) is 45.0 Å². The summed E-state index contributed by atoms with van der Waals surface area (Å²) in [4.78, 5) is 11.9. The van der Waals surface area contributed by atoms with E-state index in [1.807, 2.05) is 0 Å². The molecule has 0 unspecified atom stereocenters. The monoisotopic (exact) mass is 514 g/mol. The first-order valence-corrected chi connectivity index (χ1v) is 10.8. The summed E-state index contributed by atoms with van der Waals surface area (Å²) in [6.45, 7) is 3.83. The van der Waals surface area contributed by atoms with E-state index >= 15 is 0 Å². The third-order valence-electron chi connectivity index (χ3n) is 5.17. The lowest BCUT2D eigenvalue weighted by atomic mass is 9.91. The van der Waals surface area contributed by atoms with Crippen LogP contribution in [0.4, 0.5) is 26.3 Å². The van der Waals surface area contributed by atoms with Gasteiger partial charge in [-0.25, -0.2) is 4.79 Å². The molecule has 4 nitrogen and oxygen atoms in total. The van der Waals surface area contributed by atoms with Crippen LogP contribution in [-0.2, 0) is 28.3 Å². The first-order valence-electron chi connectivity index (χ1n) is 10.8. The van der Waals surface area contributed by atoms with Crippen LogP contribution in [-0.4, -0.2) is 25.3 Å². The molecule has 0 fully saturated rings. The number of benzene rings is 3. The number of hydrogen-bond acceptors (Lipinski definition) is 4. The van der Waals surface area contributed by atoms with Crippen LogP contribution in [0.25, 0.3) is 10.8 Å². The first kappa shape index (κ1) is 27.2. The number of rotatable bonds is 6. The Morgan fingerprint density at radius 1 is 0.833 bits per heavy atom. The fourth-order valence-corrected chi connectivity index (χ4v) is 3.79. The Bertz CT molecular complexity index is 1220. The van der Waals surface area contributed by atoms with Gasteiger partial charge in [-0.15, -0.1) is 0 Å². The average Bonchev–Trinajstić information content (AvgIpc) is 2.75. The molecule has 0 spiro atoms. The summed E-state index contributed by atoms with van der Waals surface area (Å²) in [6.07, 6.45) is -10.9. The standard InChI is InChI=1S/C26H24F6O4/c1-24(2,3)36-23(33)14-35-16-12-20(25(27,28)29)19(21(13-16)26(30,31)32)11-15-9-10-22(34-4)18-8-6-5-7-17(15)18/h5-10,12-13H,11,14H2,1-4H3. The zero-order valence-electron chi connectivity index (χ0n) is 19.9. The quantitative estimate of drug-likeness (QED) is 0.258. The van der Waals surface area contributed by atoms with Crippen LogP contribution in [0.3, 0.4) is 0 Å². The van der Waals surface area contributed by atoms with Crippen molar-refractivity contribution in [2.24, 2.45) is 0 Å². The van der Waals surface area contributed by atoms with Crippen LogP contribution in [0, 0.1) is 0 Å². The van der Waals surface area contributed by atoms with Gasteiger partial charge in [0.1, 0.15) is 17.1 Å². The van der Waals surface area contributed by atoms with Gasteiger partial charge in [0.15, 0.2) is 6.61 Å². The molecular weight excluding hydrogens is 490 g/mol.